The molecule has 0 amide bonds. The second-order valence-corrected chi connectivity index (χ2v) is 13.0. The summed E-state index contributed by atoms with van der Waals surface area (Å²) in [5.41, 5.74) is 14.0. The van der Waals surface area contributed by atoms with Crippen LogP contribution in [0.25, 0.3) is 55.6 Å². The lowest BCUT2D eigenvalue weighted by Crippen LogP contribution is -1.80. The molecule has 308 valence electrons. The fourth-order valence-electron chi connectivity index (χ4n) is 6.05. The van der Waals surface area contributed by atoms with Crippen LogP contribution in [0.15, 0.2) is 261 Å². The fraction of sp³-hybridized carbons (Fsp3) is 0.115. The van der Waals surface area contributed by atoms with E-state index in [1.54, 1.807) is 0 Å². The predicted octanol–water partition coefficient (Wildman–Crippen LogP) is 18.5. The average Bonchev–Trinajstić information content (AvgIpc) is 3.38. The van der Waals surface area contributed by atoms with E-state index < -0.39 is 0 Å². The lowest BCUT2D eigenvalue weighted by atomic mass is 9.99. The number of benzene rings is 9. The van der Waals surface area contributed by atoms with Crippen LogP contribution in [0, 0.1) is 6.92 Å². The Morgan fingerprint density at radius 1 is 0.164 bits per heavy atom. The molecule has 0 heterocycles. The predicted molar refractivity (Wildman–Crippen MR) is 272 cm³/mol. The minimum Gasteiger partial charge on any atom is -0.0683 e. The van der Waals surface area contributed by atoms with Gasteiger partial charge in [-0.3, -0.25) is 0 Å². The summed E-state index contributed by atoms with van der Waals surface area (Å²) in [6.07, 6.45) is 0. The summed E-state index contributed by atoms with van der Waals surface area (Å²) in [5.74, 6) is 0. The molecule has 0 bridgehead atoms. The van der Waals surface area contributed by atoms with Crippen molar-refractivity contribution in [2.75, 3.05) is 0 Å². The maximum Gasteiger partial charge on any atom is -0.0178 e. The Morgan fingerprint density at radius 2 is 0.328 bits per heavy atom. The number of rotatable bonds is 5. The normalized spacial score (nSPS) is 9.23. The van der Waals surface area contributed by atoms with Gasteiger partial charge in [0.25, 0.3) is 0 Å². The van der Waals surface area contributed by atoms with Gasteiger partial charge in [0, 0.05) is 0 Å². The van der Waals surface area contributed by atoms with Gasteiger partial charge in [-0.05, 0) is 68.6 Å². The molecule has 0 heteroatoms. The largest absolute Gasteiger partial charge is 0.0683 e. The topological polar surface area (TPSA) is 0 Å². The molecule has 61 heavy (non-hydrogen) atoms. The molecule has 0 atom stereocenters. The van der Waals surface area contributed by atoms with Crippen molar-refractivity contribution in [3.63, 3.8) is 0 Å². The second-order valence-electron chi connectivity index (χ2n) is 13.0. The van der Waals surface area contributed by atoms with Gasteiger partial charge in [-0.15, -0.1) is 0 Å². The quantitative estimate of drug-likeness (QED) is 0.163. The Balaban J connectivity index is 0.000000217. The van der Waals surface area contributed by atoms with Crippen molar-refractivity contribution in [2.24, 2.45) is 0 Å². The fourth-order valence-corrected chi connectivity index (χ4v) is 6.05. The van der Waals surface area contributed by atoms with Gasteiger partial charge in [0.2, 0.25) is 0 Å². The van der Waals surface area contributed by atoms with E-state index in [1.165, 1.54) is 61.2 Å². The Hall–Kier alpha value is -7.02. The first-order valence-corrected chi connectivity index (χ1v) is 21.8. The van der Waals surface area contributed by atoms with E-state index in [2.05, 4.69) is 213 Å². The van der Waals surface area contributed by atoms with E-state index in [1.807, 2.05) is 96.1 Å². The number of aryl methyl sites for hydroxylation is 1. The molecule has 0 fully saturated rings. The molecule has 0 unspecified atom stereocenters. The van der Waals surface area contributed by atoms with Crippen LogP contribution in [-0.2, 0) is 0 Å². The van der Waals surface area contributed by atoms with Gasteiger partial charge in [-0.25, -0.2) is 0 Å². The summed E-state index contributed by atoms with van der Waals surface area (Å²) in [4.78, 5) is 0. The van der Waals surface area contributed by atoms with Crippen molar-refractivity contribution in [3.05, 3.63) is 266 Å². The second kappa shape index (κ2) is 30.1. The van der Waals surface area contributed by atoms with Gasteiger partial charge in [-0.2, -0.15) is 0 Å². The first-order chi connectivity index (χ1) is 30.2. The molecule has 0 saturated heterocycles. The third kappa shape index (κ3) is 17.4. The number of hydrogen-bond acceptors (Lipinski definition) is 0. The average molecular weight is 797 g/mol. The van der Waals surface area contributed by atoms with Crippen LogP contribution in [0.3, 0.4) is 0 Å². The van der Waals surface area contributed by atoms with Crippen LogP contribution < -0.4 is 0 Å². The third-order valence-electron chi connectivity index (χ3n) is 9.00. The highest BCUT2D eigenvalue weighted by Gasteiger charge is 2.01. The third-order valence-corrected chi connectivity index (χ3v) is 9.00. The smallest absolute Gasteiger partial charge is 0.0178 e. The van der Waals surface area contributed by atoms with Crippen molar-refractivity contribution in [3.8, 4) is 55.6 Å². The molecule has 0 aliphatic carbocycles. The standard InChI is InChI=1S/2C18H14.C12H10.C7H8.3C2H6/c1-3-8-15(9-4-1)17-12-7-13-18(14-17)16-10-5-2-6-11-16;1-3-7-15(8-4-1)17-11-13-18(14-12-17)16-9-5-2-6-10-16;1-3-7-11(8-4-1)12-9-5-2-6-10-12;1-7-5-3-2-4-6-7;3*1-2/h2*1-14H;1-10H;2-6H,1H3;3*1-2H3. The van der Waals surface area contributed by atoms with Gasteiger partial charge in [0.05, 0.1) is 0 Å². The molecule has 0 aromatic heterocycles. The van der Waals surface area contributed by atoms with E-state index in [0.29, 0.717) is 0 Å². The van der Waals surface area contributed by atoms with Crippen LogP contribution in [-0.4, -0.2) is 0 Å². The summed E-state index contributed by atoms with van der Waals surface area (Å²) in [7, 11) is 0. The highest BCUT2D eigenvalue weighted by Crippen LogP contribution is 2.27. The highest BCUT2D eigenvalue weighted by molar-refractivity contribution is 5.73. The molecule has 0 saturated carbocycles. The molecular formula is C61H64. The summed E-state index contributed by atoms with van der Waals surface area (Å²) in [5, 5.41) is 0. The Kier molecular flexibility index (Phi) is 23.8. The molecule has 9 rings (SSSR count). The molecule has 0 aliphatic rings. The zero-order valence-electron chi connectivity index (χ0n) is 37.3. The van der Waals surface area contributed by atoms with Crippen molar-refractivity contribution < 1.29 is 0 Å². The summed E-state index contributed by atoms with van der Waals surface area (Å²) >= 11 is 0. The molecule has 0 nitrogen and oxygen atoms in total. The first-order valence-electron chi connectivity index (χ1n) is 21.8. The minimum atomic E-state index is 1.26. The highest BCUT2D eigenvalue weighted by atomic mass is 14.1. The Labute approximate surface area is 368 Å². The molecule has 0 radical (unpaired) electrons. The SMILES string of the molecule is CC.CC.CC.Cc1ccccc1.c1ccc(-c2ccc(-c3ccccc3)cc2)cc1.c1ccc(-c2cccc(-c3ccccc3)c2)cc1.c1ccc(-c2ccccc2)cc1. The van der Waals surface area contributed by atoms with E-state index in [0.717, 1.165) is 0 Å². The molecule has 0 aliphatic heterocycles. The molecular weight excluding hydrogens is 733 g/mol. The van der Waals surface area contributed by atoms with Crippen LogP contribution >= 0.6 is 0 Å². The van der Waals surface area contributed by atoms with Crippen LogP contribution in [0.1, 0.15) is 47.1 Å². The van der Waals surface area contributed by atoms with Gasteiger partial charge in [0.1, 0.15) is 0 Å². The van der Waals surface area contributed by atoms with Crippen LogP contribution in [0.2, 0.25) is 0 Å². The van der Waals surface area contributed by atoms with E-state index >= 15 is 0 Å². The van der Waals surface area contributed by atoms with Crippen LogP contribution in [0.4, 0.5) is 0 Å². The Morgan fingerprint density at radius 3 is 0.525 bits per heavy atom. The van der Waals surface area contributed by atoms with E-state index in [-0.39, 0.29) is 0 Å². The molecule has 0 N–H and O–H groups in total. The zero-order chi connectivity index (χ0) is 43.8. The maximum atomic E-state index is 2.24. The van der Waals surface area contributed by atoms with Crippen molar-refractivity contribution in [2.45, 2.75) is 48.5 Å². The molecule has 0 spiro atoms. The lowest BCUT2D eigenvalue weighted by Gasteiger charge is -2.05. The summed E-state index contributed by atoms with van der Waals surface area (Å²) in [6.45, 7) is 14.1. The summed E-state index contributed by atoms with van der Waals surface area (Å²) in [6, 6.07) is 90.3. The number of hydrogen-bond donors (Lipinski definition) is 0. The van der Waals surface area contributed by atoms with Gasteiger partial charge in [0.15, 0.2) is 0 Å². The van der Waals surface area contributed by atoms with Crippen molar-refractivity contribution >= 4 is 0 Å². The van der Waals surface area contributed by atoms with E-state index in [4.69, 9.17) is 0 Å². The molecule has 9 aromatic carbocycles. The monoisotopic (exact) mass is 797 g/mol. The summed E-state index contributed by atoms with van der Waals surface area (Å²) < 4.78 is 0. The first kappa shape index (κ1) is 48.3. The van der Waals surface area contributed by atoms with Crippen molar-refractivity contribution in [1.29, 1.82) is 0 Å². The minimum absolute atomic E-state index is 1.26. The van der Waals surface area contributed by atoms with Crippen LogP contribution in [0.5, 0.6) is 0 Å². The maximum absolute atomic E-state index is 2.24. The van der Waals surface area contributed by atoms with E-state index in [9.17, 15) is 0 Å². The van der Waals surface area contributed by atoms with Crippen molar-refractivity contribution in [1.82, 2.24) is 0 Å². The molecule has 9 aromatic rings. The van der Waals surface area contributed by atoms with Gasteiger partial charge >= 0.3 is 0 Å². The van der Waals surface area contributed by atoms with Gasteiger partial charge in [-0.1, -0.05) is 302 Å². The lowest BCUT2D eigenvalue weighted by molar-refractivity contribution is 1.48. The zero-order valence-corrected chi connectivity index (χ0v) is 37.3. The Bertz CT molecular complexity index is 2200. The van der Waals surface area contributed by atoms with Gasteiger partial charge < -0.3 is 0 Å².